The van der Waals surface area contributed by atoms with Gasteiger partial charge in [0.25, 0.3) is 0 Å². The summed E-state index contributed by atoms with van der Waals surface area (Å²) in [4.78, 5) is 7.03. The normalized spacial score (nSPS) is 26.1. The van der Waals surface area contributed by atoms with E-state index >= 15 is 0 Å². The van der Waals surface area contributed by atoms with Crippen LogP contribution in [0.2, 0.25) is 0 Å². The van der Waals surface area contributed by atoms with Crippen molar-refractivity contribution in [2.24, 2.45) is 5.41 Å². The maximum Gasteiger partial charge on any atom is 0.0544 e. The Morgan fingerprint density at radius 1 is 1.37 bits per heavy atom. The number of aromatic nitrogens is 1. The van der Waals surface area contributed by atoms with Gasteiger partial charge in [0.05, 0.1) is 5.69 Å². The molecule has 19 heavy (non-hydrogen) atoms. The average molecular weight is 261 g/mol. The van der Waals surface area contributed by atoms with Gasteiger partial charge in [-0.15, -0.1) is 0 Å². The minimum absolute atomic E-state index is 0.298. The number of nitrogens with zero attached hydrogens (tertiary/aromatic N) is 2. The van der Waals surface area contributed by atoms with E-state index in [-0.39, 0.29) is 0 Å². The molecule has 0 bridgehead atoms. The minimum Gasteiger partial charge on any atom is -0.312 e. The summed E-state index contributed by atoms with van der Waals surface area (Å²) in [5, 5.41) is 3.71. The number of rotatable bonds is 2. The first-order valence-electron chi connectivity index (χ1n) is 7.34. The molecule has 0 aromatic carbocycles. The highest BCUT2D eigenvalue weighted by atomic mass is 15.2. The predicted octanol–water partition coefficient (Wildman–Crippen LogP) is 2.68. The first-order chi connectivity index (χ1) is 8.97. The molecule has 0 spiro atoms. The van der Waals surface area contributed by atoms with Crippen LogP contribution in [0.3, 0.4) is 0 Å². The van der Waals surface area contributed by atoms with Gasteiger partial charge in [-0.25, -0.2) is 0 Å². The first-order valence-corrected chi connectivity index (χ1v) is 7.34. The predicted molar refractivity (Wildman–Crippen MR) is 80.0 cm³/mol. The van der Waals surface area contributed by atoms with Crippen molar-refractivity contribution in [3.05, 3.63) is 30.1 Å². The summed E-state index contributed by atoms with van der Waals surface area (Å²) >= 11 is 0. The fraction of sp³-hybridized carbons (Fsp3) is 0.688. The Hall–Kier alpha value is -0.930. The molecule has 2 unspecified atom stereocenters. The van der Waals surface area contributed by atoms with E-state index < -0.39 is 0 Å². The van der Waals surface area contributed by atoms with Crippen LogP contribution in [0.4, 0.5) is 0 Å². The lowest BCUT2D eigenvalue weighted by molar-refractivity contribution is 0.156. The van der Waals surface area contributed by atoms with E-state index in [4.69, 9.17) is 0 Å². The van der Waals surface area contributed by atoms with E-state index in [0.29, 0.717) is 17.5 Å². The largest absolute Gasteiger partial charge is 0.312 e. The smallest absolute Gasteiger partial charge is 0.0544 e. The summed E-state index contributed by atoms with van der Waals surface area (Å²) in [5.41, 5.74) is 1.47. The number of nitrogens with one attached hydrogen (secondary N) is 1. The first kappa shape index (κ1) is 14.5. The van der Waals surface area contributed by atoms with Crippen molar-refractivity contribution in [1.82, 2.24) is 15.2 Å². The molecule has 0 saturated carbocycles. The van der Waals surface area contributed by atoms with Crippen molar-refractivity contribution >= 4 is 0 Å². The molecule has 2 heterocycles. The third-order valence-corrected chi connectivity index (χ3v) is 4.13. The quantitative estimate of drug-likeness (QED) is 0.887. The molecule has 106 valence electrons. The van der Waals surface area contributed by atoms with Gasteiger partial charge in [-0.3, -0.25) is 9.88 Å². The Labute approximate surface area is 117 Å². The average Bonchev–Trinajstić information content (AvgIpc) is 2.53. The van der Waals surface area contributed by atoms with Gasteiger partial charge in [0, 0.05) is 31.4 Å². The van der Waals surface area contributed by atoms with Crippen LogP contribution < -0.4 is 5.32 Å². The summed E-state index contributed by atoms with van der Waals surface area (Å²) in [6.45, 7) is 12.5. The molecule has 1 aliphatic rings. The molecule has 1 N–H and O–H groups in total. The fourth-order valence-corrected chi connectivity index (χ4v) is 2.63. The van der Waals surface area contributed by atoms with E-state index in [1.807, 2.05) is 12.3 Å². The van der Waals surface area contributed by atoms with Crippen molar-refractivity contribution < 1.29 is 0 Å². The molecule has 2 rings (SSSR count). The molecule has 0 amide bonds. The molecular weight excluding hydrogens is 234 g/mol. The van der Waals surface area contributed by atoms with Crippen molar-refractivity contribution in [2.75, 3.05) is 13.1 Å². The molecule has 0 aliphatic carbocycles. The zero-order valence-electron chi connectivity index (χ0n) is 12.7. The van der Waals surface area contributed by atoms with Gasteiger partial charge in [-0.1, -0.05) is 26.8 Å². The third-order valence-electron chi connectivity index (χ3n) is 4.13. The van der Waals surface area contributed by atoms with Crippen LogP contribution >= 0.6 is 0 Å². The van der Waals surface area contributed by atoms with Gasteiger partial charge >= 0.3 is 0 Å². The minimum atomic E-state index is 0.298. The van der Waals surface area contributed by atoms with E-state index in [9.17, 15) is 0 Å². The van der Waals surface area contributed by atoms with Crippen molar-refractivity contribution in [3.63, 3.8) is 0 Å². The zero-order valence-corrected chi connectivity index (χ0v) is 12.7. The second-order valence-corrected chi connectivity index (χ2v) is 6.76. The Morgan fingerprint density at radius 2 is 2.16 bits per heavy atom. The molecule has 1 aliphatic heterocycles. The topological polar surface area (TPSA) is 28.2 Å². The van der Waals surface area contributed by atoms with Gasteiger partial charge < -0.3 is 5.32 Å². The SMILES string of the molecule is CC1CCNC(C(C)(C)C)CN1Cc1ccccn1. The van der Waals surface area contributed by atoms with Crippen LogP contribution in [0.25, 0.3) is 0 Å². The zero-order chi connectivity index (χ0) is 13.9. The van der Waals surface area contributed by atoms with Gasteiger partial charge in [-0.05, 0) is 37.4 Å². The Morgan fingerprint density at radius 3 is 2.79 bits per heavy atom. The van der Waals surface area contributed by atoms with Crippen LogP contribution in [0.1, 0.15) is 39.8 Å². The number of pyridine rings is 1. The summed E-state index contributed by atoms with van der Waals surface area (Å²) < 4.78 is 0. The maximum absolute atomic E-state index is 4.46. The second kappa shape index (κ2) is 6.02. The van der Waals surface area contributed by atoms with Gasteiger partial charge in [0.2, 0.25) is 0 Å². The van der Waals surface area contributed by atoms with Crippen LogP contribution in [-0.4, -0.2) is 35.1 Å². The van der Waals surface area contributed by atoms with Crippen molar-refractivity contribution in [3.8, 4) is 0 Å². The summed E-state index contributed by atoms with van der Waals surface area (Å²) in [7, 11) is 0. The Kier molecular flexibility index (Phi) is 4.58. The fourth-order valence-electron chi connectivity index (χ4n) is 2.63. The van der Waals surface area contributed by atoms with E-state index in [1.54, 1.807) is 0 Å². The molecule has 0 radical (unpaired) electrons. The lowest BCUT2D eigenvalue weighted by Crippen LogP contribution is -2.47. The molecule has 3 nitrogen and oxygen atoms in total. The highest BCUT2D eigenvalue weighted by molar-refractivity contribution is 5.04. The second-order valence-electron chi connectivity index (χ2n) is 6.76. The van der Waals surface area contributed by atoms with Gasteiger partial charge in [0.15, 0.2) is 0 Å². The van der Waals surface area contributed by atoms with E-state index in [1.165, 1.54) is 12.1 Å². The van der Waals surface area contributed by atoms with Crippen molar-refractivity contribution in [1.29, 1.82) is 0 Å². The van der Waals surface area contributed by atoms with E-state index in [0.717, 1.165) is 19.6 Å². The Bertz CT molecular complexity index is 383. The summed E-state index contributed by atoms with van der Waals surface area (Å²) in [5.74, 6) is 0. The summed E-state index contributed by atoms with van der Waals surface area (Å²) in [6.07, 6.45) is 3.09. The standard InChI is InChI=1S/C16H27N3/c1-13-8-10-18-15(16(2,3)4)12-19(13)11-14-7-5-6-9-17-14/h5-7,9,13,15,18H,8,10-12H2,1-4H3. The molecule has 1 fully saturated rings. The number of hydrogen-bond acceptors (Lipinski definition) is 3. The van der Waals surface area contributed by atoms with Crippen LogP contribution in [0.15, 0.2) is 24.4 Å². The highest BCUT2D eigenvalue weighted by Crippen LogP contribution is 2.24. The van der Waals surface area contributed by atoms with E-state index in [2.05, 4.69) is 55.0 Å². The monoisotopic (exact) mass is 261 g/mol. The van der Waals surface area contributed by atoms with Crippen molar-refractivity contribution in [2.45, 2.75) is 52.7 Å². The van der Waals surface area contributed by atoms with Gasteiger partial charge in [-0.2, -0.15) is 0 Å². The molecule has 1 aromatic heterocycles. The lowest BCUT2D eigenvalue weighted by atomic mass is 9.86. The third kappa shape index (κ3) is 4.02. The van der Waals surface area contributed by atoms with Gasteiger partial charge in [0.1, 0.15) is 0 Å². The van der Waals surface area contributed by atoms with Crippen LogP contribution in [-0.2, 0) is 6.54 Å². The molecule has 3 heteroatoms. The molecule has 1 saturated heterocycles. The number of hydrogen-bond donors (Lipinski definition) is 1. The summed E-state index contributed by atoms with van der Waals surface area (Å²) in [6, 6.07) is 7.33. The maximum atomic E-state index is 4.46. The molecule has 1 aromatic rings. The van der Waals surface area contributed by atoms with Crippen LogP contribution in [0, 0.1) is 5.41 Å². The molecular formula is C16H27N3. The Balaban J connectivity index is 2.08. The lowest BCUT2D eigenvalue weighted by Gasteiger charge is -2.35. The highest BCUT2D eigenvalue weighted by Gasteiger charge is 2.30. The molecule has 2 atom stereocenters. The van der Waals surface area contributed by atoms with Crippen LogP contribution in [0.5, 0.6) is 0 Å².